The van der Waals surface area contributed by atoms with Crippen LogP contribution in [0.15, 0.2) is 365 Å². The number of hydrogen-bond acceptors (Lipinski definition) is 9. The van der Waals surface area contributed by atoms with Gasteiger partial charge in [0.15, 0.2) is 0 Å². The molecule has 0 spiro atoms. The molecule has 609 valence electrons. The molecule has 9 aromatic heterocycles. The van der Waals surface area contributed by atoms with Crippen LogP contribution >= 0.6 is 34.0 Å². The molecule has 9 heterocycles. The fourth-order valence-electron chi connectivity index (χ4n) is 14.7. The van der Waals surface area contributed by atoms with E-state index in [0.29, 0.717) is 0 Å². The monoisotopic (exact) mass is 2180 g/mol. The third kappa shape index (κ3) is 21.6. The SMILES string of the molecule is CCc1cc(-c2[c-]cccc2)ncc1-c1ccccc1.CCc1cc(-c2[c-]cccc2)ncc1-c1ccccc1.CCc1cc(-c2[c-]cccc2)ncc1-c1ccccc1.Cc1ccnc(-c2[c-]cc3c(c2)sc2ccccc23)c1.Cc1ccnc(-c2[c-]cc3sc4ccccc4c3c2)c1.Cc1ccnc(-c2[c-]ccc3c2sc2ccccc23)c1.[Ir].[Ir].[Ir]. The maximum Gasteiger partial charge on any atom is 0.0246 e. The summed E-state index contributed by atoms with van der Waals surface area (Å²) in [6.07, 6.45) is 14.5. The Balaban J connectivity index is 0.000000126. The average Bonchev–Trinajstić information content (AvgIpc) is 1.62. The first-order valence-corrected chi connectivity index (χ1v) is 42.9. The van der Waals surface area contributed by atoms with E-state index in [1.54, 1.807) is 0 Å². The van der Waals surface area contributed by atoms with Crippen molar-refractivity contribution in [2.75, 3.05) is 0 Å². The number of nitrogens with zero attached hydrogens (tertiary/aromatic N) is 6. The van der Waals surface area contributed by atoms with E-state index < -0.39 is 0 Å². The molecule has 0 bridgehead atoms. The molecule has 21 rings (SSSR count). The maximum atomic E-state index is 4.60. The van der Waals surface area contributed by atoms with Gasteiger partial charge in [-0.05, 0) is 174 Å². The first-order chi connectivity index (χ1) is 59.1. The molecule has 0 saturated carbocycles. The molecule has 0 saturated heterocycles. The van der Waals surface area contributed by atoms with Crippen molar-refractivity contribution in [3.8, 4) is 101 Å². The molecule has 0 aliphatic heterocycles. The minimum atomic E-state index is 0. The van der Waals surface area contributed by atoms with Gasteiger partial charge in [-0.3, -0.25) is 0 Å². The number of thiophene rings is 3. The van der Waals surface area contributed by atoms with Crippen LogP contribution in [0, 0.1) is 57.2 Å². The largest absolute Gasteiger partial charge is 0.305 e. The van der Waals surface area contributed by atoms with E-state index >= 15 is 0 Å². The Labute approximate surface area is 773 Å². The van der Waals surface area contributed by atoms with Crippen molar-refractivity contribution in [2.24, 2.45) is 0 Å². The summed E-state index contributed by atoms with van der Waals surface area (Å²) in [5, 5.41) is 7.81. The molecule has 0 unspecified atom stereocenters. The Morgan fingerprint density at radius 3 is 1.03 bits per heavy atom. The fourth-order valence-corrected chi connectivity index (χ4v) is 18.1. The molecule has 0 aliphatic carbocycles. The second-order valence-corrected chi connectivity index (χ2v) is 32.2. The van der Waals surface area contributed by atoms with Crippen LogP contribution in [0.3, 0.4) is 0 Å². The zero-order valence-corrected chi connectivity index (χ0v) is 78.3. The van der Waals surface area contributed by atoms with Gasteiger partial charge in [-0.25, -0.2) is 0 Å². The fraction of sp³-hybridized carbons (Fsp3) is 0.0811. The van der Waals surface area contributed by atoms with Crippen LogP contribution in [-0.4, -0.2) is 29.9 Å². The topological polar surface area (TPSA) is 77.3 Å². The summed E-state index contributed by atoms with van der Waals surface area (Å²) in [6, 6.07) is 132. The summed E-state index contributed by atoms with van der Waals surface area (Å²) in [5.41, 5.74) is 27.2. The molecule has 123 heavy (non-hydrogen) atoms. The van der Waals surface area contributed by atoms with Gasteiger partial charge in [0.1, 0.15) is 0 Å². The van der Waals surface area contributed by atoms with E-state index in [1.165, 1.54) is 127 Å². The molecule has 12 aromatic carbocycles. The van der Waals surface area contributed by atoms with Crippen LogP contribution in [0.25, 0.3) is 161 Å². The molecular weight excluding hydrogens is 2090 g/mol. The summed E-state index contributed by atoms with van der Waals surface area (Å²) < 4.78 is 7.81. The Bertz CT molecular complexity index is 6710. The molecule has 0 atom stereocenters. The second kappa shape index (κ2) is 43.3. The van der Waals surface area contributed by atoms with Crippen LogP contribution < -0.4 is 0 Å². The summed E-state index contributed by atoms with van der Waals surface area (Å²) in [4.78, 5) is 27.2. The van der Waals surface area contributed by atoms with Crippen molar-refractivity contribution in [1.82, 2.24) is 29.9 Å². The zero-order valence-electron chi connectivity index (χ0n) is 68.7. The smallest absolute Gasteiger partial charge is 0.0246 e. The normalized spacial score (nSPS) is 10.6. The van der Waals surface area contributed by atoms with Gasteiger partial charge < -0.3 is 29.9 Å². The summed E-state index contributed by atoms with van der Waals surface area (Å²) in [5.74, 6) is 0. The van der Waals surface area contributed by atoms with E-state index in [1.807, 2.05) is 186 Å². The third-order valence-electron chi connectivity index (χ3n) is 20.8. The first-order valence-electron chi connectivity index (χ1n) is 40.4. The van der Waals surface area contributed by atoms with Crippen LogP contribution in [0.4, 0.5) is 0 Å². The third-order valence-corrected chi connectivity index (χ3v) is 24.3. The summed E-state index contributed by atoms with van der Waals surface area (Å²) in [6.45, 7) is 12.8. The Hall–Kier alpha value is -11.9. The van der Waals surface area contributed by atoms with Gasteiger partial charge in [0, 0.05) is 128 Å². The molecule has 3 radical (unpaired) electrons. The van der Waals surface area contributed by atoms with Crippen molar-refractivity contribution in [3.63, 3.8) is 0 Å². The number of pyridine rings is 6. The summed E-state index contributed by atoms with van der Waals surface area (Å²) >= 11 is 5.46. The van der Waals surface area contributed by atoms with Crippen molar-refractivity contribution >= 4 is 94.5 Å². The molecule has 0 amide bonds. The van der Waals surface area contributed by atoms with E-state index in [9.17, 15) is 0 Å². The standard InChI is InChI=1S/3C19H16N.3C18H12NS.3Ir/c3*1-2-15-13-19(17-11-7-4-8-12-17)20-14-18(15)16-9-5-3-6-10-16;1-12-9-10-19-16(11-12)15-7-4-6-14-13-5-2-3-8-17(13)20-18(14)15;1-12-8-9-19-16(10-12)13-6-7-18-15(11-13)14-4-2-3-5-17(14)20-18;1-12-8-9-19-16(10-12)13-6-7-15-14-4-2-3-5-17(14)20-18(15)11-13;;;/h3*3-11,13-14H,2H2,1H3;2-6,8-11H,1H3;2*2-5,7-11H,1H3;;;/q6*-1;;;. The van der Waals surface area contributed by atoms with Crippen LogP contribution in [0.1, 0.15) is 54.2 Å². The number of aromatic nitrogens is 6. The van der Waals surface area contributed by atoms with Crippen LogP contribution in [-0.2, 0) is 79.6 Å². The van der Waals surface area contributed by atoms with Crippen molar-refractivity contribution < 1.29 is 60.3 Å². The average molecular weight is 2170 g/mol. The van der Waals surface area contributed by atoms with Crippen LogP contribution in [0.2, 0.25) is 0 Å². The van der Waals surface area contributed by atoms with Gasteiger partial charge in [0.2, 0.25) is 0 Å². The Morgan fingerprint density at radius 1 is 0.252 bits per heavy atom. The van der Waals surface area contributed by atoms with Gasteiger partial charge >= 0.3 is 0 Å². The Kier molecular flexibility index (Phi) is 31.3. The van der Waals surface area contributed by atoms with Crippen LogP contribution in [0.5, 0.6) is 0 Å². The maximum absolute atomic E-state index is 4.60. The van der Waals surface area contributed by atoms with Crippen molar-refractivity contribution in [3.05, 3.63) is 435 Å². The molecule has 0 fully saturated rings. The van der Waals surface area contributed by atoms with E-state index in [0.717, 1.165) is 86.8 Å². The number of fused-ring (bicyclic) bond motifs is 9. The van der Waals surface area contributed by atoms with E-state index in [4.69, 9.17) is 0 Å². The predicted octanol–water partition coefficient (Wildman–Crippen LogP) is 30.0. The zero-order chi connectivity index (χ0) is 81.9. The predicted molar refractivity (Wildman–Crippen MR) is 508 cm³/mol. The van der Waals surface area contributed by atoms with Crippen molar-refractivity contribution in [2.45, 2.75) is 60.8 Å². The minimum Gasteiger partial charge on any atom is -0.305 e. The minimum absolute atomic E-state index is 0. The van der Waals surface area contributed by atoms with E-state index in [-0.39, 0.29) is 60.3 Å². The number of benzene rings is 12. The molecule has 0 N–H and O–H groups in total. The molecule has 21 aromatic rings. The van der Waals surface area contributed by atoms with Gasteiger partial charge in [-0.15, -0.1) is 179 Å². The van der Waals surface area contributed by atoms with Gasteiger partial charge in [0.25, 0.3) is 0 Å². The van der Waals surface area contributed by atoms with Gasteiger partial charge in [-0.1, -0.05) is 236 Å². The number of hydrogen-bond donors (Lipinski definition) is 0. The Morgan fingerprint density at radius 2 is 0.610 bits per heavy atom. The second-order valence-electron chi connectivity index (χ2n) is 29.0. The molecule has 0 aliphatic rings. The molecular formula is C111H84Ir3N6S3-6. The quantitative estimate of drug-likeness (QED) is 0.113. The summed E-state index contributed by atoms with van der Waals surface area (Å²) in [7, 11) is 0. The molecule has 12 heteroatoms. The number of aryl methyl sites for hydroxylation is 6. The van der Waals surface area contributed by atoms with Crippen molar-refractivity contribution in [1.29, 1.82) is 0 Å². The van der Waals surface area contributed by atoms with E-state index in [2.05, 4.69) is 320 Å². The molecule has 6 nitrogen and oxygen atoms in total. The van der Waals surface area contributed by atoms with Gasteiger partial charge in [-0.2, -0.15) is 34.0 Å². The first kappa shape index (κ1) is 88.9. The van der Waals surface area contributed by atoms with Gasteiger partial charge in [0.05, 0.1) is 0 Å². The number of rotatable bonds is 12.